The SMILES string of the molecule is CC(C)Oc1cccc(C(=O)c2cc(F)c(Cl)cc2F)c1. The van der Waals surface area contributed by atoms with Gasteiger partial charge in [-0.05, 0) is 38.1 Å². The Morgan fingerprint density at radius 3 is 2.52 bits per heavy atom. The predicted octanol–water partition coefficient (Wildman–Crippen LogP) is 4.64. The smallest absolute Gasteiger partial charge is 0.196 e. The number of hydrogen-bond acceptors (Lipinski definition) is 2. The number of halogens is 3. The maximum Gasteiger partial charge on any atom is 0.196 e. The zero-order chi connectivity index (χ0) is 15.6. The predicted molar refractivity (Wildman–Crippen MR) is 77.0 cm³/mol. The van der Waals surface area contributed by atoms with Gasteiger partial charge in [0.2, 0.25) is 0 Å². The molecule has 0 bridgehead atoms. The van der Waals surface area contributed by atoms with Gasteiger partial charge >= 0.3 is 0 Å². The van der Waals surface area contributed by atoms with Crippen LogP contribution >= 0.6 is 11.6 Å². The molecule has 110 valence electrons. The lowest BCUT2D eigenvalue weighted by molar-refractivity contribution is 0.103. The fraction of sp³-hybridized carbons (Fsp3) is 0.188. The van der Waals surface area contributed by atoms with Crippen LogP contribution in [-0.4, -0.2) is 11.9 Å². The van der Waals surface area contributed by atoms with Crippen molar-refractivity contribution in [2.45, 2.75) is 20.0 Å². The molecule has 0 N–H and O–H groups in total. The summed E-state index contributed by atoms with van der Waals surface area (Å²) >= 11 is 5.47. The van der Waals surface area contributed by atoms with Gasteiger partial charge in [-0.2, -0.15) is 0 Å². The van der Waals surface area contributed by atoms with E-state index in [1.807, 2.05) is 13.8 Å². The first-order valence-corrected chi connectivity index (χ1v) is 6.72. The summed E-state index contributed by atoms with van der Waals surface area (Å²) < 4.78 is 32.7. The van der Waals surface area contributed by atoms with Crippen molar-refractivity contribution < 1.29 is 18.3 Å². The number of carbonyl (C=O) groups is 1. The third-order valence-electron chi connectivity index (χ3n) is 2.72. The summed E-state index contributed by atoms with van der Waals surface area (Å²) in [7, 11) is 0. The van der Waals surface area contributed by atoms with E-state index < -0.39 is 17.4 Å². The number of ketones is 1. The Balaban J connectivity index is 2.38. The molecule has 0 saturated heterocycles. The average molecular weight is 311 g/mol. The van der Waals surface area contributed by atoms with Crippen LogP contribution in [0, 0.1) is 11.6 Å². The quantitative estimate of drug-likeness (QED) is 0.607. The minimum absolute atomic E-state index is 0.0555. The molecule has 0 saturated carbocycles. The second kappa shape index (κ2) is 6.22. The van der Waals surface area contributed by atoms with Gasteiger partial charge in [0.15, 0.2) is 5.78 Å². The van der Waals surface area contributed by atoms with E-state index in [0.717, 1.165) is 12.1 Å². The highest BCUT2D eigenvalue weighted by molar-refractivity contribution is 6.30. The Hall–Kier alpha value is -1.94. The van der Waals surface area contributed by atoms with E-state index >= 15 is 0 Å². The van der Waals surface area contributed by atoms with E-state index in [0.29, 0.717) is 5.75 Å². The number of benzene rings is 2. The minimum Gasteiger partial charge on any atom is -0.491 e. The molecule has 2 rings (SSSR count). The lowest BCUT2D eigenvalue weighted by atomic mass is 10.0. The van der Waals surface area contributed by atoms with Crippen molar-refractivity contribution in [2.75, 3.05) is 0 Å². The van der Waals surface area contributed by atoms with Gasteiger partial charge in [0, 0.05) is 5.56 Å². The molecular weight excluding hydrogens is 298 g/mol. The molecule has 2 aromatic carbocycles. The van der Waals surface area contributed by atoms with E-state index in [2.05, 4.69) is 0 Å². The summed E-state index contributed by atoms with van der Waals surface area (Å²) in [4.78, 5) is 12.3. The summed E-state index contributed by atoms with van der Waals surface area (Å²) in [6.07, 6.45) is -0.0555. The van der Waals surface area contributed by atoms with E-state index in [-0.39, 0.29) is 22.3 Å². The third kappa shape index (κ3) is 3.58. The summed E-state index contributed by atoms with van der Waals surface area (Å²) in [6, 6.07) is 7.91. The summed E-state index contributed by atoms with van der Waals surface area (Å²) in [6.45, 7) is 3.70. The molecule has 2 nitrogen and oxygen atoms in total. The van der Waals surface area contributed by atoms with E-state index in [9.17, 15) is 13.6 Å². The number of hydrogen-bond donors (Lipinski definition) is 0. The molecule has 0 amide bonds. The van der Waals surface area contributed by atoms with E-state index in [1.54, 1.807) is 12.1 Å². The van der Waals surface area contributed by atoms with Gasteiger partial charge in [0.1, 0.15) is 17.4 Å². The van der Waals surface area contributed by atoms with Crippen molar-refractivity contribution in [2.24, 2.45) is 0 Å². The minimum atomic E-state index is -0.860. The van der Waals surface area contributed by atoms with Crippen LogP contribution in [0.5, 0.6) is 5.75 Å². The lowest BCUT2D eigenvalue weighted by Crippen LogP contribution is -2.08. The summed E-state index contributed by atoms with van der Waals surface area (Å²) in [5, 5.41) is -0.360. The van der Waals surface area contributed by atoms with Gasteiger partial charge in [-0.1, -0.05) is 23.7 Å². The molecular formula is C16H13ClF2O2. The van der Waals surface area contributed by atoms with Crippen molar-refractivity contribution in [1.82, 2.24) is 0 Å². The average Bonchev–Trinajstić information content (AvgIpc) is 2.41. The normalized spacial score (nSPS) is 10.8. The molecule has 0 spiro atoms. The highest BCUT2D eigenvalue weighted by Crippen LogP contribution is 2.23. The van der Waals surface area contributed by atoms with E-state index in [4.69, 9.17) is 16.3 Å². The van der Waals surface area contributed by atoms with Crippen molar-refractivity contribution in [3.8, 4) is 5.75 Å². The Kier molecular flexibility index (Phi) is 4.58. The van der Waals surface area contributed by atoms with Crippen LogP contribution in [0.25, 0.3) is 0 Å². The molecule has 0 heterocycles. The topological polar surface area (TPSA) is 26.3 Å². The first-order chi connectivity index (χ1) is 9.88. The third-order valence-corrected chi connectivity index (χ3v) is 3.01. The van der Waals surface area contributed by atoms with Gasteiger partial charge in [-0.25, -0.2) is 8.78 Å². The zero-order valence-corrected chi connectivity index (χ0v) is 12.2. The maximum atomic E-state index is 13.8. The van der Waals surface area contributed by atoms with Crippen LogP contribution < -0.4 is 4.74 Å². The van der Waals surface area contributed by atoms with Crippen LogP contribution in [-0.2, 0) is 0 Å². The Labute approximate surface area is 126 Å². The second-order valence-electron chi connectivity index (χ2n) is 4.77. The van der Waals surface area contributed by atoms with Gasteiger partial charge < -0.3 is 4.74 Å². The Morgan fingerprint density at radius 1 is 1.14 bits per heavy atom. The van der Waals surface area contributed by atoms with Gasteiger partial charge in [-0.3, -0.25) is 4.79 Å². The fourth-order valence-electron chi connectivity index (χ4n) is 1.83. The molecule has 0 aliphatic rings. The molecule has 0 aliphatic heterocycles. The first-order valence-electron chi connectivity index (χ1n) is 6.34. The highest BCUT2D eigenvalue weighted by Gasteiger charge is 2.17. The van der Waals surface area contributed by atoms with Gasteiger partial charge in [0.05, 0.1) is 16.7 Å². The molecule has 21 heavy (non-hydrogen) atoms. The van der Waals surface area contributed by atoms with Gasteiger partial charge in [0.25, 0.3) is 0 Å². The van der Waals surface area contributed by atoms with E-state index in [1.165, 1.54) is 12.1 Å². The molecule has 0 unspecified atom stereocenters. The zero-order valence-electron chi connectivity index (χ0n) is 11.5. The van der Waals surface area contributed by atoms with Crippen molar-refractivity contribution >= 4 is 17.4 Å². The van der Waals surface area contributed by atoms with Crippen LogP contribution in [0.2, 0.25) is 5.02 Å². The van der Waals surface area contributed by atoms with Crippen LogP contribution in [0.3, 0.4) is 0 Å². The molecule has 0 radical (unpaired) electrons. The Morgan fingerprint density at radius 2 is 1.86 bits per heavy atom. The summed E-state index contributed by atoms with van der Waals surface area (Å²) in [5.74, 6) is -1.83. The number of carbonyl (C=O) groups excluding carboxylic acids is 1. The lowest BCUT2D eigenvalue weighted by Gasteiger charge is -2.11. The molecule has 0 fully saturated rings. The number of ether oxygens (including phenoxy) is 1. The largest absolute Gasteiger partial charge is 0.491 e. The number of rotatable bonds is 4. The Bertz CT molecular complexity index is 684. The molecule has 0 aliphatic carbocycles. The van der Waals surface area contributed by atoms with Crippen LogP contribution in [0.1, 0.15) is 29.8 Å². The maximum absolute atomic E-state index is 13.8. The molecule has 0 aromatic heterocycles. The highest BCUT2D eigenvalue weighted by atomic mass is 35.5. The standard InChI is InChI=1S/C16H13ClF2O2/c1-9(2)21-11-5-3-4-10(6-11)16(20)12-7-15(19)13(17)8-14(12)18/h3-9H,1-2H3. The molecule has 5 heteroatoms. The second-order valence-corrected chi connectivity index (χ2v) is 5.18. The van der Waals surface area contributed by atoms with Crippen LogP contribution in [0.15, 0.2) is 36.4 Å². The van der Waals surface area contributed by atoms with Gasteiger partial charge in [-0.15, -0.1) is 0 Å². The first kappa shape index (κ1) is 15.4. The molecule has 2 aromatic rings. The fourth-order valence-corrected chi connectivity index (χ4v) is 1.99. The monoisotopic (exact) mass is 310 g/mol. The van der Waals surface area contributed by atoms with Crippen molar-refractivity contribution in [3.05, 3.63) is 64.2 Å². The van der Waals surface area contributed by atoms with Crippen LogP contribution in [0.4, 0.5) is 8.78 Å². The van der Waals surface area contributed by atoms with Crippen molar-refractivity contribution in [3.63, 3.8) is 0 Å². The van der Waals surface area contributed by atoms with Crippen molar-refractivity contribution in [1.29, 1.82) is 0 Å². The molecule has 0 atom stereocenters. The summed E-state index contributed by atoms with van der Waals surface area (Å²) in [5.41, 5.74) is -0.146.